The molecule has 0 radical (unpaired) electrons. The van der Waals surface area contributed by atoms with Crippen LogP contribution in [-0.4, -0.2) is 81.6 Å². The molecule has 234 valence electrons. The Kier molecular flexibility index (Phi) is 13.4. The smallest absolute Gasteiger partial charge is 0.333 e. The molecular weight excluding hydrogens is 532 g/mol. The van der Waals surface area contributed by atoms with Crippen molar-refractivity contribution in [2.75, 3.05) is 6.61 Å². The Morgan fingerprint density at radius 1 is 1.05 bits per heavy atom. The number of hydrogen-bond donors (Lipinski definition) is 3. The van der Waals surface area contributed by atoms with Crippen LogP contribution in [0.25, 0.3) is 0 Å². The van der Waals surface area contributed by atoms with E-state index >= 15 is 0 Å². The minimum absolute atomic E-state index is 0.0380. The summed E-state index contributed by atoms with van der Waals surface area (Å²) in [7, 11) is 0. The lowest BCUT2D eigenvalue weighted by Gasteiger charge is -2.51. The van der Waals surface area contributed by atoms with Crippen LogP contribution in [-0.2, 0) is 33.3 Å². The van der Waals surface area contributed by atoms with Crippen molar-refractivity contribution in [3.05, 3.63) is 35.5 Å². The maximum atomic E-state index is 12.9. The number of carbonyl (C=O) groups excluding carboxylic acids is 3. The molecule has 3 N–H and O–H groups in total. The van der Waals surface area contributed by atoms with Crippen molar-refractivity contribution in [2.24, 2.45) is 11.8 Å². The van der Waals surface area contributed by atoms with Gasteiger partial charge >= 0.3 is 17.9 Å². The molecule has 1 fully saturated rings. The fraction of sp³-hybridized carbons (Fsp3) is 0.710. The van der Waals surface area contributed by atoms with Crippen LogP contribution in [0.4, 0.5) is 0 Å². The summed E-state index contributed by atoms with van der Waals surface area (Å²) in [4.78, 5) is 37.7. The first-order valence-electron chi connectivity index (χ1n) is 14.1. The zero-order chi connectivity index (χ0) is 31.9. The van der Waals surface area contributed by atoms with Gasteiger partial charge in [0, 0.05) is 37.0 Å². The Balaban J connectivity index is 3.51. The summed E-state index contributed by atoms with van der Waals surface area (Å²) in [6.07, 6.45) is -3.23. The number of ether oxygens (including phenoxy) is 4. The van der Waals surface area contributed by atoms with Crippen molar-refractivity contribution < 1.29 is 48.7 Å². The first-order chi connectivity index (χ1) is 18.8. The molecule has 0 aromatic heterocycles. The van der Waals surface area contributed by atoms with Crippen molar-refractivity contribution >= 4 is 17.9 Å². The van der Waals surface area contributed by atoms with Crippen LogP contribution in [0.3, 0.4) is 0 Å². The Labute approximate surface area is 244 Å². The highest BCUT2D eigenvalue weighted by atomic mass is 16.6. The van der Waals surface area contributed by atoms with Crippen LogP contribution in [0.5, 0.6) is 0 Å². The lowest BCUT2D eigenvalue weighted by Crippen LogP contribution is -2.65. The summed E-state index contributed by atoms with van der Waals surface area (Å²) < 4.78 is 23.2. The van der Waals surface area contributed by atoms with E-state index < -0.39 is 65.5 Å². The van der Waals surface area contributed by atoms with Gasteiger partial charge in [-0.1, -0.05) is 32.6 Å². The number of aliphatic hydroxyl groups is 3. The molecule has 1 saturated carbocycles. The second-order valence-electron chi connectivity index (χ2n) is 12.0. The molecule has 0 bridgehead atoms. The van der Waals surface area contributed by atoms with Gasteiger partial charge in [-0.25, -0.2) is 9.59 Å². The molecule has 10 nitrogen and oxygen atoms in total. The van der Waals surface area contributed by atoms with E-state index in [2.05, 4.69) is 6.58 Å². The number of hydrogen-bond acceptors (Lipinski definition) is 10. The topological polar surface area (TPSA) is 149 Å². The number of aliphatic hydroxyl groups excluding tert-OH is 2. The van der Waals surface area contributed by atoms with Crippen LogP contribution in [0.1, 0.15) is 82.1 Å². The molecule has 0 aliphatic heterocycles. The lowest BCUT2D eigenvalue weighted by atomic mass is 9.69. The maximum Gasteiger partial charge on any atom is 0.333 e. The van der Waals surface area contributed by atoms with Gasteiger partial charge in [0.2, 0.25) is 0 Å². The SMILES string of the molecule is C=C(C(O)CC(OC(=O)/C(C)=C\C)C(C)(C)O)[C@@H]1C[C@H](O)[C@](C)(OCC(C)C)[C@H](OC(=O)/C(C)=C\C)[C@@H]1OC(C)=O. The summed E-state index contributed by atoms with van der Waals surface area (Å²) in [6, 6.07) is 0. The molecule has 1 aliphatic carbocycles. The fourth-order valence-corrected chi connectivity index (χ4v) is 4.49. The van der Waals surface area contributed by atoms with Gasteiger partial charge in [0.05, 0.1) is 17.8 Å². The normalized spacial score (nSPS) is 27.2. The first-order valence-corrected chi connectivity index (χ1v) is 14.1. The fourth-order valence-electron chi connectivity index (χ4n) is 4.49. The van der Waals surface area contributed by atoms with Gasteiger partial charge in [-0.3, -0.25) is 4.79 Å². The second-order valence-corrected chi connectivity index (χ2v) is 12.0. The van der Waals surface area contributed by atoms with Crippen LogP contribution < -0.4 is 0 Å². The van der Waals surface area contributed by atoms with Crippen LogP contribution >= 0.6 is 0 Å². The molecule has 0 aromatic carbocycles. The molecule has 0 saturated heterocycles. The number of esters is 3. The van der Waals surface area contributed by atoms with Gasteiger partial charge in [0.1, 0.15) is 17.8 Å². The summed E-state index contributed by atoms with van der Waals surface area (Å²) in [6.45, 7) is 20.3. The molecule has 0 spiro atoms. The molecule has 7 atom stereocenters. The van der Waals surface area contributed by atoms with Crippen LogP contribution in [0, 0.1) is 11.8 Å². The van der Waals surface area contributed by atoms with Crippen LogP contribution in [0.15, 0.2) is 35.5 Å². The molecular formula is C31H50O10. The van der Waals surface area contributed by atoms with Crippen molar-refractivity contribution in [3.63, 3.8) is 0 Å². The summed E-state index contributed by atoms with van der Waals surface area (Å²) >= 11 is 0. The standard InChI is InChI=1S/C31H50O10/c1-12-18(5)28(35)40-25(30(9,10)37)15-23(33)20(7)22-14-24(34)31(11,38-16-17(3)4)27(26(22)39-21(8)32)41-29(36)19(6)13-2/h12-13,17,22-27,33-34,37H,7,14-16H2,1-6,8-11H3/b18-12-,19-13-/t22-,23?,24-,25?,26+,27+,31-/m0/s1. The van der Waals surface area contributed by atoms with Gasteiger partial charge in [-0.05, 0) is 66.4 Å². The third-order valence-electron chi connectivity index (χ3n) is 7.55. The van der Waals surface area contributed by atoms with Gasteiger partial charge in [-0.15, -0.1) is 0 Å². The first kappa shape index (κ1) is 36.5. The summed E-state index contributed by atoms with van der Waals surface area (Å²) in [5.41, 5.74) is -2.18. The zero-order valence-electron chi connectivity index (χ0n) is 26.2. The minimum atomic E-state index is -1.52. The Bertz CT molecular complexity index is 1000. The molecule has 10 heteroatoms. The van der Waals surface area contributed by atoms with E-state index in [-0.39, 0.29) is 30.9 Å². The molecule has 0 aromatic rings. The highest BCUT2D eigenvalue weighted by molar-refractivity contribution is 5.88. The number of allylic oxidation sites excluding steroid dienone is 2. The number of rotatable bonds is 13. The third-order valence-corrected chi connectivity index (χ3v) is 7.55. The van der Waals surface area contributed by atoms with E-state index in [9.17, 15) is 29.7 Å². The Hall–Kier alpha value is -2.53. The van der Waals surface area contributed by atoms with Crippen LogP contribution in [0.2, 0.25) is 0 Å². The quantitative estimate of drug-likeness (QED) is 0.127. The average Bonchev–Trinajstić information content (AvgIpc) is 2.88. The molecule has 0 amide bonds. The highest BCUT2D eigenvalue weighted by Crippen LogP contribution is 2.43. The second kappa shape index (κ2) is 15.1. The maximum absolute atomic E-state index is 12.9. The highest BCUT2D eigenvalue weighted by Gasteiger charge is 2.58. The van der Waals surface area contributed by atoms with Gasteiger partial charge < -0.3 is 34.3 Å². The van der Waals surface area contributed by atoms with Crippen molar-refractivity contribution in [1.29, 1.82) is 0 Å². The van der Waals surface area contributed by atoms with E-state index in [0.29, 0.717) is 11.1 Å². The van der Waals surface area contributed by atoms with Gasteiger partial charge in [0.15, 0.2) is 6.10 Å². The van der Waals surface area contributed by atoms with E-state index in [1.807, 2.05) is 13.8 Å². The molecule has 0 heterocycles. The predicted molar refractivity (Wildman–Crippen MR) is 154 cm³/mol. The van der Waals surface area contributed by atoms with Gasteiger partial charge in [-0.2, -0.15) is 0 Å². The van der Waals surface area contributed by atoms with Crippen molar-refractivity contribution in [2.45, 2.75) is 124 Å². The monoisotopic (exact) mass is 582 g/mol. The Morgan fingerprint density at radius 2 is 1.59 bits per heavy atom. The number of carbonyl (C=O) groups is 3. The molecule has 1 rings (SSSR count). The predicted octanol–water partition coefficient (Wildman–Crippen LogP) is 3.56. The summed E-state index contributed by atoms with van der Waals surface area (Å²) in [5, 5.41) is 33.3. The average molecular weight is 583 g/mol. The zero-order valence-corrected chi connectivity index (χ0v) is 26.2. The molecule has 2 unspecified atom stereocenters. The Morgan fingerprint density at radius 3 is 2.05 bits per heavy atom. The van der Waals surface area contributed by atoms with Crippen molar-refractivity contribution in [3.8, 4) is 0 Å². The lowest BCUT2D eigenvalue weighted by molar-refractivity contribution is -0.247. The van der Waals surface area contributed by atoms with E-state index in [0.717, 1.165) is 0 Å². The summed E-state index contributed by atoms with van der Waals surface area (Å²) in [5.74, 6) is -2.78. The van der Waals surface area contributed by atoms with Crippen molar-refractivity contribution in [1.82, 2.24) is 0 Å². The molecule has 1 aliphatic rings. The van der Waals surface area contributed by atoms with E-state index in [1.165, 1.54) is 20.8 Å². The molecule has 41 heavy (non-hydrogen) atoms. The van der Waals surface area contributed by atoms with E-state index in [1.54, 1.807) is 46.8 Å². The van der Waals surface area contributed by atoms with Gasteiger partial charge in [0.25, 0.3) is 0 Å². The largest absolute Gasteiger partial charge is 0.458 e. The van der Waals surface area contributed by atoms with E-state index in [4.69, 9.17) is 18.9 Å². The third kappa shape index (κ3) is 9.77. The minimum Gasteiger partial charge on any atom is -0.458 e.